The van der Waals surface area contributed by atoms with E-state index in [2.05, 4.69) is 30.4 Å². The van der Waals surface area contributed by atoms with Gasteiger partial charge in [0.2, 0.25) is 0 Å². The fraction of sp³-hybridized carbons (Fsp3) is 0.400. The van der Waals surface area contributed by atoms with Crippen molar-refractivity contribution in [2.24, 2.45) is 9.63 Å². The lowest BCUT2D eigenvalue weighted by atomic mass is 10.3. The maximum atomic E-state index is 4.08. The molecular weight excluding hydrogens is 180 g/mol. The summed E-state index contributed by atoms with van der Waals surface area (Å²) in [6.45, 7) is 6.34. The van der Waals surface area contributed by atoms with Crippen molar-refractivity contribution in [3.8, 4) is 0 Å². The predicted octanol–water partition coefficient (Wildman–Crippen LogP) is 4.22. The van der Waals surface area contributed by atoms with Gasteiger partial charge >= 0.3 is 0 Å². The van der Waals surface area contributed by atoms with Crippen LogP contribution in [0.15, 0.2) is 40.0 Å². The largest absolute Gasteiger partial charge is 0.144 e. The fourth-order valence-corrected chi connectivity index (χ4v) is 1.06. The zero-order chi connectivity index (χ0) is 9.73. The van der Waals surface area contributed by atoms with E-state index in [1.165, 1.54) is 11.9 Å². The molecule has 1 aromatic rings. The van der Waals surface area contributed by atoms with Gasteiger partial charge in [-0.3, -0.25) is 0 Å². The predicted molar refractivity (Wildman–Crippen MR) is 58.3 cm³/mol. The summed E-state index contributed by atoms with van der Waals surface area (Å²) in [7, 11) is 0. The van der Waals surface area contributed by atoms with E-state index in [1.807, 2.05) is 30.3 Å². The summed E-state index contributed by atoms with van der Waals surface area (Å²) >= 11 is 1.49. The third kappa shape index (κ3) is 4.68. The van der Waals surface area contributed by atoms with Gasteiger partial charge in [0.05, 0.1) is 5.69 Å². The molecule has 13 heavy (non-hydrogen) atoms. The molecule has 0 unspecified atom stereocenters. The molecule has 1 rings (SSSR count). The highest BCUT2D eigenvalue weighted by atomic mass is 32.2. The van der Waals surface area contributed by atoms with Gasteiger partial charge in [-0.2, -0.15) is 0 Å². The molecule has 0 saturated carbocycles. The molecule has 0 amide bonds. The molecule has 0 aromatic heterocycles. The molecule has 1 aromatic carbocycles. The van der Waals surface area contributed by atoms with Crippen LogP contribution in [-0.4, -0.2) is 4.75 Å². The van der Waals surface area contributed by atoms with Gasteiger partial charge in [0.1, 0.15) is 0 Å². The molecule has 0 aliphatic rings. The van der Waals surface area contributed by atoms with E-state index in [-0.39, 0.29) is 4.75 Å². The van der Waals surface area contributed by atoms with Crippen molar-refractivity contribution in [3.63, 3.8) is 0 Å². The van der Waals surface area contributed by atoms with Crippen LogP contribution in [0.4, 0.5) is 5.69 Å². The Morgan fingerprint density at radius 2 is 1.69 bits per heavy atom. The van der Waals surface area contributed by atoms with Crippen LogP contribution in [0, 0.1) is 0 Å². The molecule has 0 spiro atoms. The molecule has 0 fully saturated rings. The number of nitrogens with zero attached hydrogens (tertiary/aromatic N) is 2. The van der Waals surface area contributed by atoms with Crippen molar-refractivity contribution in [2.75, 3.05) is 0 Å². The molecule has 0 saturated heterocycles. The number of hydrogen-bond acceptors (Lipinski definition) is 3. The maximum absolute atomic E-state index is 4.08. The average molecular weight is 194 g/mol. The molecule has 0 atom stereocenters. The van der Waals surface area contributed by atoms with Crippen LogP contribution in [0.3, 0.4) is 0 Å². The minimum absolute atomic E-state index is 0.137. The van der Waals surface area contributed by atoms with Gasteiger partial charge in [-0.1, -0.05) is 18.2 Å². The number of benzene rings is 1. The Balaban J connectivity index is 2.51. The average Bonchev–Trinajstić information content (AvgIpc) is 2.04. The van der Waals surface area contributed by atoms with E-state index in [1.54, 1.807) is 0 Å². The fourth-order valence-electron chi connectivity index (χ4n) is 0.685. The zero-order valence-electron chi connectivity index (χ0n) is 8.19. The van der Waals surface area contributed by atoms with Gasteiger partial charge in [-0.15, -0.1) is 9.63 Å². The van der Waals surface area contributed by atoms with E-state index < -0.39 is 0 Å². The van der Waals surface area contributed by atoms with E-state index in [0.29, 0.717) is 0 Å². The molecule has 70 valence electrons. The van der Waals surface area contributed by atoms with Gasteiger partial charge < -0.3 is 0 Å². The Bertz CT molecular complexity index is 275. The minimum atomic E-state index is 0.137. The molecular formula is C10H14N2S. The van der Waals surface area contributed by atoms with Crippen LogP contribution in [-0.2, 0) is 0 Å². The van der Waals surface area contributed by atoms with E-state index >= 15 is 0 Å². The highest BCUT2D eigenvalue weighted by molar-refractivity contribution is 7.99. The van der Waals surface area contributed by atoms with Crippen molar-refractivity contribution in [2.45, 2.75) is 25.5 Å². The number of rotatable bonds is 2. The lowest BCUT2D eigenvalue weighted by Gasteiger charge is -2.10. The summed E-state index contributed by atoms with van der Waals surface area (Å²) in [6, 6.07) is 9.75. The normalized spacial score (nSPS) is 12.2. The van der Waals surface area contributed by atoms with E-state index in [4.69, 9.17) is 0 Å². The topological polar surface area (TPSA) is 24.7 Å². The molecule has 0 bridgehead atoms. The lowest BCUT2D eigenvalue weighted by molar-refractivity contribution is 0.802. The highest BCUT2D eigenvalue weighted by Crippen LogP contribution is 2.26. The van der Waals surface area contributed by atoms with E-state index in [9.17, 15) is 0 Å². The smallest absolute Gasteiger partial charge is 0.0863 e. The van der Waals surface area contributed by atoms with Crippen LogP contribution in [0.25, 0.3) is 0 Å². The van der Waals surface area contributed by atoms with Crippen molar-refractivity contribution >= 4 is 17.6 Å². The van der Waals surface area contributed by atoms with Crippen LogP contribution in [0.2, 0.25) is 0 Å². The van der Waals surface area contributed by atoms with Crippen molar-refractivity contribution in [1.29, 1.82) is 0 Å². The van der Waals surface area contributed by atoms with Gasteiger partial charge in [-0.25, -0.2) is 0 Å². The summed E-state index contributed by atoms with van der Waals surface area (Å²) in [5.74, 6) is 0. The Hall–Kier alpha value is -0.830. The molecule has 0 aliphatic carbocycles. The first kappa shape index (κ1) is 10.3. The Morgan fingerprint density at radius 3 is 2.23 bits per heavy atom. The highest BCUT2D eigenvalue weighted by Gasteiger charge is 2.09. The second kappa shape index (κ2) is 4.42. The van der Waals surface area contributed by atoms with Gasteiger partial charge in [-0.05, 0) is 32.9 Å². The first-order valence-corrected chi connectivity index (χ1v) is 4.99. The van der Waals surface area contributed by atoms with Crippen molar-refractivity contribution in [1.82, 2.24) is 0 Å². The monoisotopic (exact) mass is 194 g/mol. The maximum Gasteiger partial charge on any atom is 0.0863 e. The summed E-state index contributed by atoms with van der Waals surface area (Å²) < 4.78 is 4.19. The van der Waals surface area contributed by atoms with Crippen LogP contribution in [0.1, 0.15) is 20.8 Å². The summed E-state index contributed by atoms with van der Waals surface area (Å²) in [4.78, 5) is 0. The van der Waals surface area contributed by atoms with Crippen molar-refractivity contribution in [3.05, 3.63) is 30.3 Å². The third-order valence-corrected chi connectivity index (χ3v) is 1.94. The quantitative estimate of drug-likeness (QED) is 0.511. The van der Waals surface area contributed by atoms with E-state index in [0.717, 1.165) is 5.69 Å². The second-order valence-electron chi connectivity index (χ2n) is 3.72. The van der Waals surface area contributed by atoms with Gasteiger partial charge in [0.15, 0.2) is 0 Å². The Kier molecular flexibility index (Phi) is 3.48. The molecule has 0 radical (unpaired) electrons. The third-order valence-electron chi connectivity index (χ3n) is 1.23. The zero-order valence-corrected chi connectivity index (χ0v) is 9.01. The summed E-state index contributed by atoms with van der Waals surface area (Å²) in [6.07, 6.45) is 0. The Labute approximate surface area is 83.6 Å². The minimum Gasteiger partial charge on any atom is -0.144 e. The lowest BCUT2D eigenvalue weighted by Crippen LogP contribution is -2.04. The first-order chi connectivity index (χ1) is 6.08. The molecule has 3 heteroatoms. The van der Waals surface area contributed by atoms with Crippen molar-refractivity contribution < 1.29 is 0 Å². The SMILES string of the molecule is CC(C)(C)SN=Nc1ccccc1. The molecule has 0 aliphatic heterocycles. The summed E-state index contributed by atoms with van der Waals surface area (Å²) in [5, 5.41) is 4.08. The van der Waals surface area contributed by atoms with Gasteiger partial charge in [0, 0.05) is 16.7 Å². The Morgan fingerprint density at radius 1 is 1.08 bits per heavy atom. The summed E-state index contributed by atoms with van der Waals surface area (Å²) in [5.41, 5.74) is 0.902. The first-order valence-electron chi connectivity index (χ1n) is 4.22. The molecule has 0 N–H and O–H groups in total. The second-order valence-corrected chi connectivity index (χ2v) is 5.29. The molecule has 2 nitrogen and oxygen atoms in total. The van der Waals surface area contributed by atoms with Crippen LogP contribution < -0.4 is 0 Å². The number of hydrogen-bond donors (Lipinski definition) is 0. The van der Waals surface area contributed by atoms with Gasteiger partial charge in [0.25, 0.3) is 0 Å². The standard InChI is InChI=1S/C10H14N2S/c1-10(2,3)13-12-11-9-7-5-4-6-8-9/h4-8H,1-3H3. The molecule has 0 heterocycles. The van der Waals surface area contributed by atoms with Crippen LogP contribution >= 0.6 is 11.9 Å². The van der Waals surface area contributed by atoms with Crippen LogP contribution in [0.5, 0.6) is 0 Å².